The fourth-order valence-corrected chi connectivity index (χ4v) is 4.52. The Labute approximate surface area is 127 Å². The number of nitrogens with zero attached hydrogens (tertiary/aromatic N) is 1. The molecule has 2 aliphatic heterocycles. The predicted octanol–water partition coefficient (Wildman–Crippen LogP) is 4.21. The molecule has 0 aromatic heterocycles. The predicted molar refractivity (Wildman–Crippen MR) is 81.6 cm³/mol. The van der Waals surface area contributed by atoms with Gasteiger partial charge in [-0.2, -0.15) is 0 Å². The van der Waals surface area contributed by atoms with E-state index in [1.807, 2.05) is 6.20 Å². The molecule has 0 bridgehead atoms. The van der Waals surface area contributed by atoms with Crippen molar-refractivity contribution < 1.29 is 9.78 Å². The molecule has 0 unspecified atom stereocenters. The molecule has 0 atom stereocenters. The SMILES string of the molecule is BrC1=CCC2=NC=CC2=C1C1CCC2(CCOO2)CC1. The van der Waals surface area contributed by atoms with E-state index in [-0.39, 0.29) is 5.60 Å². The maximum atomic E-state index is 5.55. The van der Waals surface area contributed by atoms with Crippen molar-refractivity contribution in [3.05, 3.63) is 34.0 Å². The van der Waals surface area contributed by atoms with Crippen LogP contribution in [0.3, 0.4) is 0 Å². The van der Waals surface area contributed by atoms with E-state index in [0.29, 0.717) is 5.92 Å². The first-order valence-electron chi connectivity index (χ1n) is 7.42. The van der Waals surface area contributed by atoms with Gasteiger partial charge < -0.3 is 0 Å². The topological polar surface area (TPSA) is 30.8 Å². The number of aliphatic imine (C=N–C) groups is 1. The lowest BCUT2D eigenvalue weighted by Crippen LogP contribution is -2.34. The number of allylic oxidation sites excluding steroid dienone is 5. The Bertz CT molecular complexity index is 543. The number of hydrogen-bond acceptors (Lipinski definition) is 3. The fourth-order valence-electron chi connectivity index (χ4n) is 3.82. The van der Waals surface area contributed by atoms with E-state index in [9.17, 15) is 0 Å². The first-order valence-corrected chi connectivity index (χ1v) is 8.21. The third kappa shape index (κ3) is 2.05. The molecule has 1 saturated carbocycles. The molecule has 2 aliphatic carbocycles. The van der Waals surface area contributed by atoms with Gasteiger partial charge in [0.2, 0.25) is 0 Å². The van der Waals surface area contributed by atoms with Crippen molar-refractivity contribution in [2.45, 2.75) is 44.1 Å². The third-order valence-corrected chi connectivity index (χ3v) is 5.74. The summed E-state index contributed by atoms with van der Waals surface area (Å²) in [5, 5.41) is 0. The minimum Gasteiger partial charge on any atom is -0.260 e. The van der Waals surface area contributed by atoms with Crippen molar-refractivity contribution in [3.63, 3.8) is 0 Å². The molecule has 4 aliphatic rings. The van der Waals surface area contributed by atoms with Crippen molar-refractivity contribution in [3.8, 4) is 0 Å². The molecule has 2 heterocycles. The van der Waals surface area contributed by atoms with Gasteiger partial charge in [0.15, 0.2) is 0 Å². The van der Waals surface area contributed by atoms with Gasteiger partial charge in [-0.1, -0.05) is 22.0 Å². The summed E-state index contributed by atoms with van der Waals surface area (Å²) in [4.78, 5) is 15.2. The zero-order valence-corrected chi connectivity index (χ0v) is 13.0. The van der Waals surface area contributed by atoms with Gasteiger partial charge in [-0.15, -0.1) is 0 Å². The second-order valence-corrected chi connectivity index (χ2v) is 6.94. The van der Waals surface area contributed by atoms with Crippen molar-refractivity contribution in [1.29, 1.82) is 0 Å². The lowest BCUT2D eigenvalue weighted by Gasteiger charge is -2.36. The van der Waals surface area contributed by atoms with Gasteiger partial charge in [-0.05, 0) is 43.3 Å². The number of halogens is 1. The molecule has 1 spiro atoms. The highest BCUT2D eigenvalue weighted by molar-refractivity contribution is 9.12. The smallest absolute Gasteiger partial charge is 0.106 e. The number of hydrogen-bond donors (Lipinski definition) is 0. The maximum Gasteiger partial charge on any atom is 0.106 e. The minimum atomic E-state index is 0.00895. The molecule has 20 heavy (non-hydrogen) atoms. The summed E-state index contributed by atoms with van der Waals surface area (Å²) in [6.07, 6.45) is 12.9. The van der Waals surface area contributed by atoms with Crippen LogP contribution in [0.2, 0.25) is 0 Å². The Morgan fingerprint density at radius 3 is 2.85 bits per heavy atom. The molecule has 2 fully saturated rings. The highest BCUT2D eigenvalue weighted by atomic mass is 79.9. The third-order valence-electron chi connectivity index (χ3n) is 4.99. The first-order chi connectivity index (χ1) is 9.77. The van der Waals surface area contributed by atoms with E-state index < -0.39 is 0 Å². The van der Waals surface area contributed by atoms with Crippen molar-refractivity contribution in [2.24, 2.45) is 10.9 Å². The molecule has 0 N–H and O–H groups in total. The van der Waals surface area contributed by atoms with Crippen LogP contribution in [-0.4, -0.2) is 17.9 Å². The number of fused-ring (bicyclic) bond motifs is 1. The van der Waals surface area contributed by atoms with Crippen molar-refractivity contribution in [2.75, 3.05) is 6.61 Å². The van der Waals surface area contributed by atoms with Crippen LogP contribution in [0, 0.1) is 5.92 Å². The van der Waals surface area contributed by atoms with E-state index in [0.717, 1.165) is 32.3 Å². The molecule has 0 aromatic rings. The molecule has 0 amide bonds. The van der Waals surface area contributed by atoms with Crippen LogP contribution in [0.25, 0.3) is 0 Å². The van der Waals surface area contributed by atoms with Gasteiger partial charge in [0.1, 0.15) is 5.60 Å². The fraction of sp³-hybridized carbons (Fsp3) is 0.562. The van der Waals surface area contributed by atoms with Crippen LogP contribution in [-0.2, 0) is 9.78 Å². The number of rotatable bonds is 1. The Kier molecular flexibility index (Phi) is 3.20. The molecule has 0 radical (unpaired) electrons. The average Bonchev–Trinajstić information content (AvgIpc) is 3.10. The highest BCUT2D eigenvalue weighted by Gasteiger charge is 2.42. The van der Waals surface area contributed by atoms with E-state index in [1.165, 1.54) is 34.2 Å². The lowest BCUT2D eigenvalue weighted by molar-refractivity contribution is -0.315. The van der Waals surface area contributed by atoms with Gasteiger partial charge in [-0.3, -0.25) is 4.99 Å². The second kappa shape index (κ2) is 4.93. The summed E-state index contributed by atoms with van der Waals surface area (Å²) < 4.78 is 1.27. The Balaban J connectivity index is 1.58. The molecule has 4 rings (SSSR count). The standard InChI is InChI=1S/C16H18BrNO2/c17-13-1-2-14-12(5-9-18-14)15(13)11-3-6-16(7-4-11)8-10-19-20-16/h1,5,9,11H,2-4,6-8,10H2. The van der Waals surface area contributed by atoms with Crippen LogP contribution in [0.15, 0.2) is 39.0 Å². The summed E-state index contributed by atoms with van der Waals surface area (Å²) in [5.41, 5.74) is 4.04. The van der Waals surface area contributed by atoms with E-state index in [2.05, 4.69) is 33.1 Å². The molecule has 0 aromatic carbocycles. The zero-order valence-electron chi connectivity index (χ0n) is 11.4. The van der Waals surface area contributed by atoms with Gasteiger partial charge in [-0.25, -0.2) is 9.78 Å². The summed E-state index contributed by atoms with van der Waals surface area (Å²) in [7, 11) is 0. The Morgan fingerprint density at radius 2 is 2.10 bits per heavy atom. The average molecular weight is 336 g/mol. The van der Waals surface area contributed by atoms with Gasteiger partial charge >= 0.3 is 0 Å². The summed E-state index contributed by atoms with van der Waals surface area (Å²) in [5.74, 6) is 0.610. The molecule has 3 nitrogen and oxygen atoms in total. The van der Waals surface area contributed by atoms with Crippen LogP contribution in [0.4, 0.5) is 0 Å². The van der Waals surface area contributed by atoms with Crippen molar-refractivity contribution >= 4 is 21.6 Å². The second-order valence-electron chi connectivity index (χ2n) is 6.09. The Hall–Kier alpha value is -0.710. The van der Waals surface area contributed by atoms with E-state index >= 15 is 0 Å². The van der Waals surface area contributed by atoms with Crippen molar-refractivity contribution in [1.82, 2.24) is 0 Å². The largest absolute Gasteiger partial charge is 0.260 e. The van der Waals surface area contributed by atoms with Crippen LogP contribution in [0.1, 0.15) is 38.5 Å². The van der Waals surface area contributed by atoms with Gasteiger partial charge in [0.05, 0.1) is 12.3 Å². The molecular weight excluding hydrogens is 318 g/mol. The lowest BCUT2D eigenvalue weighted by atomic mass is 9.73. The summed E-state index contributed by atoms with van der Waals surface area (Å²) in [6.45, 7) is 0.752. The van der Waals surface area contributed by atoms with Crippen LogP contribution < -0.4 is 0 Å². The molecular formula is C16H18BrNO2. The minimum absolute atomic E-state index is 0.00895. The highest BCUT2D eigenvalue weighted by Crippen LogP contribution is 2.46. The van der Waals surface area contributed by atoms with Crippen LogP contribution in [0.5, 0.6) is 0 Å². The van der Waals surface area contributed by atoms with Gasteiger partial charge in [0, 0.05) is 29.1 Å². The molecule has 106 valence electrons. The quantitative estimate of drug-likeness (QED) is 0.672. The van der Waals surface area contributed by atoms with E-state index in [1.54, 1.807) is 0 Å². The summed E-state index contributed by atoms with van der Waals surface area (Å²) >= 11 is 3.76. The van der Waals surface area contributed by atoms with Crippen LogP contribution >= 0.6 is 15.9 Å². The summed E-state index contributed by atoms with van der Waals surface area (Å²) in [6, 6.07) is 0. The van der Waals surface area contributed by atoms with Gasteiger partial charge in [0.25, 0.3) is 0 Å². The zero-order chi connectivity index (χ0) is 13.6. The maximum absolute atomic E-state index is 5.55. The molecule has 1 saturated heterocycles. The van der Waals surface area contributed by atoms with E-state index in [4.69, 9.17) is 9.78 Å². The Morgan fingerprint density at radius 1 is 1.25 bits per heavy atom. The first kappa shape index (κ1) is 13.0. The molecule has 4 heteroatoms. The monoisotopic (exact) mass is 335 g/mol. The normalized spacial score (nSPS) is 36.4.